The molecule has 18 heavy (non-hydrogen) atoms. The van der Waals surface area contributed by atoms with Crippen LogP contribution in [0.5, 0.6) is 0 Å². The van der Waals surface area contributed by atoms with Gasteiger partial charge in [-0.1, -0.05) is 24.6 Å². The number of aliphatic hydroxyl groups excluding tert-OH is 1. The van der Waals surface area contributed by atoms with Gasteiger partial charge in [-0.2, -0.15) is 0 Å². The van der Waals surface area contributed by atoms with Crippen LogP contribution in [0.25, 0.3) is 0 Å². The van der Waals surface area contributed by atoms with E-state index in [0.29, 0.717) is 5.57 Å². The average Bonchev–Trinajstić information content (AvgIpc) is 2.62. The van der Waals surface area contributed by atoms with Gasteiger partial charge in [-0.15, -0.1) is 0 Å². The van der Waals surface area contributed by atoms with Gasteiger partial charge in [-0.05, 0) is 26.2 Å². The van der Waals surface area contributed by atoms with E-state index in [1.165, 1.54) is 11.1 Å². The monoisotopic (exact) mass is 248 g/mol. The Balaban J connectivity index is 2.01. The number of rotatable bonds is 0. The van der Waals surface area contributed by atoms with E-state index in [1.807, 2.05) is 0 Å². The van der Waals surface area contributed by atoms with Crippen molar-refractivity contribution < 1.29 is 14.6 Å². The summed E-state index contributed by atoms with van der Waals surface area (Å²) in [7, 11) is 0. The van der Waals surface area contributed by atoms with Gasteiger partial charge in [0.1, 0.15) is 6.10 Å². The predicted octanol–water partition coefficient (Wildman–Crippen LogP) is 2.21. The molecular formula is C15H20O3. The van der Waals surface area contributed by atoms with Crippen LogP contribution < -0.4 is 0 Å². The molecule has 1 heterocycles. The number of aliphatic hydroxyl groups is 1. The van der Waals surface area contributed by atoms with E-state index in [0.717, 1.165) is 19.3 Å². The summed E-state index contributed by atoms with van der Waals surface area (Å²) in [6.07, 6.45) is 2.27. The van der Waals surface area contributed by atoms with E-state index < -0.39 is 0 Å². The summed E-state index contributed by atoms with van der Waals surface area (Å²) in [5, 5.41) is 10.2. The Kier molecular flexibility index (Phi) is 2.63. The van der Waals surface area contributed by atoms with Crippen LogP contribution >= 0.6 is 0 Å². The smallest absolute Gasteiger partial charge is 0.334 e. The molecule has 0 spiro atoms. The third kappa shape index (κ3) is 1.50. The molecule has 0 bridgehead atoms. The van der Waals surface area contributed by atoms with Crippen LogP contribution in [0.2, 0.25) is 0 Å². The van der Waals surface area contributed by atoms with E-state index in [9.17, 15) is 9.90 Å². The highest BCUT2D eigenvalue weighted by molar-refractivity contribution is 5.91. The van der Waals surface area contributed by atoms with Crippen molar-refractivity contribution in [2.24, 2.45) is 17.8 Å². The molecule has 1 N–H and O–H groups in total. The van der Waals surface area contributed by atoms with Crippen molar-refractivity contribution >= 4 is 5.97 Å². The summed E-state index contributed by atoms with van der Waals surface area (Å²) < 4.78 is 5.45. The van der Waals surface area contributed by atoms with E-state index >= 15 is 0 Å². The van der Waals surface area contributed by atoms with Crippen LogP contribution in [0.3, 0.4) is 0 Å². The fraction of sp³-hybridized carbons (Fsp3) is 0.667. The second kappa shape index (κ2) is 3.95. The van der Waals surface area contributed by atoms with Crippen molar-refractivity contribution in [1.82, 2.24) is 0 Å². The number of carbonyl (C=O) groups is 1. The first kappa shape index (κ1) is 12.0. The minimum absolute atomic E-state index is 0.0840. The van der Waals surface area contributed by atoms with Gasteiger partial charge in [0.25, 0.3) is 0 Å². The Morgan fingerprint density at radius 3 is 2.89 bits per heavy atom. The molecule has 0 aromatic rings. The Morgan fingerprint density at radius 1 is 1.44 bits per heavy atom. The third-order valence-corrected chi connectivity index (χ3v) is 5.05. The standard InChI is InChI=1S/C15H20O3/c1-7-4-5-12(16)13-9(3)14-11(6-10(7)13)8(2)15(17)18-14/h9,11-14,16H,2,4-6H2,1,3H3/t9-,11-,12-,13-,14-/m1/s1. The third-order valence-electron chi connectivity index (χ3n) is 5.05. The number of allylic oxidation sites excluding steroid dienone is 1. The molecule has 5 atom stereocenters. The fourth-order valence-corrected chi connectivity index (χ4v) is 3.98. The van der Waals surface area contributed by atoms with Gasteiger partial charge < -0.3 is 9.84 Å². The van der Waals surface area contributed by atoms with Crippen molar-refractivity contribution in [3.63, 3.8) is 0 Å². The van der Waals surface area contributed by atoms with Gasteiger partial charge in [0.15, 0.2) is 0 Å². The molecule has 3 rings (SSSR count). The number of hydrogen-bond donors (Lipinski definition) is 1. The van der Waals surface area contributed by atoms with Crippen molar-refractivity contribution in [2.45, 2.75) is 45.3 Å². The normalized spacial score (nSPS) is 43.6. The largest absolute Gasteiger partial charge is 0.458 e. The maximum atomic E-state index is 11.7. The Morgan fingerprint density at radius 2 is 2.17 bits per heavy atom. The van der Waals surface area contributed by atoms with Crippen molar-refractivity contribution in [3.05, 3.63) is 23.3 Å². The lowest BCUT2D eigenvalue weighted by molar-refractivity contribution is -0.143. The highest BCUT2D eigenvalue weighted by Gasteiger charge is 2.51. The van der Waals surface area contributed by atoms with Gasteiger partial charge in [0, 0.05) is 23.3 Å². The molecule has 0 aromatic heterocycles. The van der Waals surface area contributed by atoms with Crippen molar-refractivity contribution in [1.29, 1.82) is 0 Å². The first-order valence-corrected chi connectivity index (χ1v) is 6.77. The van der Waals surface area contributed by atoms with Crippen molar-refractivity contribution in [2.75, 3.05) is 0 Å². The highest BCUT2D eigenvalue weighted by atomic mass is 16.6. The zero-order valence-corrected chi connectivity index (χ0v) is 11.0. The lowest BCUT2D eigenvalue weighted by Gasteiger charge is -2.44. The second-order valence-corrected chi connectivity index (χ2v) is 6.00. The molecule has 1 saturated heterocycles. The summed E-state index contributed by atoms with van der Waals surface area (Å²) in [5.74, 6) is 0.230. The minimum atomic E-state index is -0.285. The topological polar surface area (TPSA) is 46.5 Å². The van der Waals surface area contributed by atoms with Crippen LogP contribution in [0.4, 0.5) is 0 Å². The first-order chi connectivity index (χ1) is 8.50. The molecule has 2 fully saturated rings. The molecule has 0 aromatic carbocycles. The van der Waals surface area contributed by atoms with Crippen molar-refractivity contribution in [3.8, 4) is 0 Å². The van der Waals surface area contributed by atoms with Gasteiger partial charge >= 0.3 is 5.97 Å². The van der Waals surface area contributed by atoms with E-state index in [4.69, 9.17) is 4.74 Å². The maximum Gasteiger partial charge on any atom is 0.334 e. The predicted molar refractivity (Wildman–Crippen MR) is 67.7 cm³/mol. The number of esters is 1. The molecule has 0 amide bonds. The maximum absolute atomic E-state index is 11.7. The Hall–Kier alpha value is -1.09. The van der Waals surface area contributed by atoms with E-state index in [2.05, 4.69) is 20.4 Å². The molecule has 0 unspecified atom stereocenters. The zero-order valence-electron chi connectivity index (χ0n) is 11.0. The molecule has 1 aliphatic heterocycles. The first-order valence-electron chi connectivity index (χ1n) is 6.77. The van der Waals surface area contributed by atoms with Crippen LogP contribution in [0.1, 0.15) is 33.1 Å². The highest BCUT2D eigenvalue weighted by Crippen LogP contribution is 2.50. The quantitative estimate of drug-likeness (QED) is 0.406. The summed E-state index contributed by atoms with van der Waals surface area (Å²) >= 11 is 0. The Bertz CT molecular complexity index is 449. The SMILES string of the molecule is C=C1C(=O)O[C@@H]2[C@H](C)[C@@H]3C(=C(C)CC[C@H]3O)C[C@H]12. The summed E-state index contributed by atoms with van der Waals surface area (Å²) in [6, 6.07) is 0. The molecule has 3 nitrogen and oxygen atoms in total. The van der Waals surface area contributed by atoms with E-state index in [-0.39, 0.29) is 35.9 Å². The van der Waals surface area contributed by atoms with Gasteiger partial charge in [-0.25, -0.2) is 4.79 Å². The van der Waals surface area contributed by atoms with E-state index in [1.54, 1.807) is 0 Å². The van der Waals surface area contributed by atoms with Crippen LogP contribution in [-0.2, 0) is 9.53 Å². The zero-order chi connectivity index (χ0) is 13.0. The Labute approximate surface area is 108 Å². The summed E-state index contributed by atoms with van der Waals surface area (Å²) in [6.45, 7) is 8.12. The number of fused-ring (bicyclic) bond motifs is 2. The lowest BCUT2D eigenvalue weighted by atomic mass is 9.63. The van der Waals surface area contributed by atoms with Crippen LogP contribution in [0, 0.1) is 17.8 Å². The van der Waals surface area contributed by atoms with Gasteiger partial charge in [0.2, 0.25) is 0 Å². The molecule has 1 saturated carbocycles. The molecule has 98 valence electrons. The molecule has 3 heteroatoms. The molecule has 3 aliphatic rings. The van der Waals surface area contributed by atoms with Crippen LogP contribution in [0.15, 0.2) is 23.3 Å². The number of hydrogen-bond acceptors (Lipinski definition) is 3. The average molecular weight is 248 g/mol. The van der Waals surface area contributed by atoms with Gasteiger partial charge in [-0.3, -0.25) is 0 Å². The lowest BCUT2D eigenvalue weighted by Crippen LogP contribution is -2.44. The summed E-state index contributed by atoms with van der Waals surface area (Å²) in [4.78, 5) is 11.7. The fourth-order valence-electron chi connectivity index (χ4n) is 3.98. The van der Waals surface area contributed by atoms with Crippen LogP contribution in [-0.4, -0.2) is 23.3 Å². The minimum Gasteiger partial charge on any atom is -0.458 e. The molecular weight excluding hydrogens is 228 g/mol. The second-order valence-electron chi connectivity index (χ2n) is 6.00. The summed E-state index contributed by atoms with van der Waals surface area (Å²) in [5.41, 5.74) is 3.36. The number of carbonyl (C=O) groups excluding carboxylic acids is 1. The molecule has 2 aliphatic carbocycles. The molecule has 0 radical (unpaired) electrons. The van der Waals surface area contributed by atoms with Gasteiger partial charge in [0.05, 0.1) is 6.10 Å². The number of ether oxygens (including phenoxy) is 1.